The SMILES string of the molecule is CC1(C2CC2)CNC(C2CC2)CN1CCSC(F)(F)F. The first-order chi connectivity index (χ1) is 9.38. The van der Waals surface area contributed by atoms with Gasteiger partial charge in [0.05, 0.1) is 0 Å². The van der Waals surface area contributed by atoms with Crippen LogP contribution < -0.4 is 5.32 Å². The van der Waals surface area contributed by atoms with E-state index < -0.39 is 5.51 Å². The van der Waals surface area contributed by atoms with E-state index in [1.54, 1.807) is 0 Å². The van der Waals surface area contributed by atoms with E-state index in [9.17, 15) is 13.2 Å². The molecule has 0 spiro atoms. The van der Waals surface area contributed by atoms with Crippen LogP contribution in [0, 0.1) is 11.8 Å². The van der Waals surface area contributed by atoms with Gasteiger partial charge in [0.15, 0.2) is 0 Å². The zero-order valence-corrected chi connectivity index (χ0v) is 12.7. The molecule has 3 rings (SSSR count). The van der Waals surface area contributed by atoms with Crippen LogP contribution in [-0.2, 0) is 0 Å². The Morgan fingerprint density at radius 3 is 2.50 bits per heavy atom. The monoisotopic (exact) mass is 308 g/mol. The summed E-state index contributed by atoms with van der Waals surface area (Å²) >= 11 is 0.123. The van der Waals surface area contributed by atoms with Gasteiger partial charge in [-0.15, -0.1) is 0 Å². The Balaban J connectivity index is 1.59. The number of halogens is 3. The number of thioether (sulfide) groups is 1. The number of hydrogen-bond acceptors (Lipinski definition) is 3. The van der Waals surface area contributed by atoms with E-state index >= 15 is 0 Å². The summed E-state index contributed by atoms with van der Waals surface area (Å²) in [5.41, 5.74) is -4.03. The van der Waals surface area contributed by atoms with Crippen LogP contribution in [0.25, 0.3) is 0 Å². The van der Waals surface area contributed by atoms with Crippen LogP contribution in [-0.4, -0.2) is 47.4 Å². The molecule has 2 atom stereocenters. The minimum Gasteiger partial charge on any atom is -0.311 e. The largest absolute Gasteiger partial charge is 0.441 e. The molecular formula is C14H23F3N2S. The van der Waals surface area contributed by atoms with E-state index in [0.717, 1.165) is 19.0 Å². The van der Waals surface area contributed by atoms with Crippen molar-refractivity contribution in [2.45, 2.75) is 49.7 Å². The lowest BCUT2D eigenvalue weighted by molar-refractivity contribution is -0.0333. The molecule has 6 heteroatoms. The molecule has 0 aromatic carbocycles. The van der Waals surface area contributed by atoms with Crippen LogP contribution >= 0.6 is 11.8 Å². The van der Waals surface area contributed by atoms with Crippen LogP contribution in [0.4, 0.5) is 13.2 Å². The Morgan fingerprint density at radius 1 is 1.25 bits per heavy atom. The van der Waals surface area contributed by atoms with Crippen LogP contribution in [0.5, 0.6) is 0 Å². The highest BCUT2D eigenvalue weighted by molar-refractivity contribution is 8.00. The van der Waals surface area contributed by atoms with E-state index in [1.807, 2.05) is 0 Å². The number of rotatable bonds is 5. The Bertz CT molecular complexity index is 355. The van der Waals surface area contributed by atoms with Crippen molar-refractivity contribution in [3.05, 3.63) is 0 Å². The maximum absolute atomic E-state index is 12.3. The average molecular weight is 308 g/mol. The second-order valence-corrected chi connectivity index (χ2v) is 7.86. The number of alkyl halides is 3. The number of piperazine rings is 1. The molecule has 116 valence electrons. The molecule has 0 aromatic heterocycles. The molecular weight excluding hydrogens is 285 g/mol. The first-order valence-corrected chi connectivity index (χ1v) is 8.56. The van der Waals surface area contributed by atoms with Gasteiger partial charge in [0.2, 0.25) is 0 Å². The standard InChI is InChI=1S/C14H23F3N2S/c1-13(11-4-5-11)9-18-12(10-2-3-10)8-19(13)6-7-20-14(15,16)17/h10-12,18H,2-9H2,1H3. The van der Waals surface area contributed by atoms with Crippen molar-refractivity contribution in [3.63, 3.8) is 0 Å². The Labute approximate surface area is 122 Å². The van der Waals surface area contributed by atoms with Gasteiger partial charge in [0.1, 0.15) is 0 Å². The Hall–Kier alpha value is 0.0600. The summed E-state index contributed by atoms with van der Waals surface area (Å²) in [7, 11) is 0. The van der Waals surface area contributed by atoms with Gasteiger partial charge in [-0.1, -0.05) is 0 Å². The van der Waals surface area contributed by atoms with Gasteiger partial charge in [0.25, 0.3) is 0 Å². The fraction of sp³-hybridized carbons (Fsp3) is 1.00. The zero-order chi connectivity index (χ0) is 14.4. The van der Waals surface area contributed by atoms with Gasteiger partial charge in [-0.05, 0) is 56.2 Å². The maximum Gasteiger partial charge on any atom is 0.441 e. The van der Waals surface area contributed by atoms with Crippen LogP contribution in [0.3, 0.4) is 0 Å². The van der Waals surface area contributed by atoms with Crippen molar-refractivity contribution in [1.82, 2.24) is 10.2 Å². The Morgan fingerprint density at radius 2 is 1.95 bits per heavy atom. The molecule has 3 fully saturated rings. The smallest absolute Gasteiger partial charge is 0.311 e. The van der Waals surface area contributed by atoms with Crippen molar-refractivity contribution in [3.8, 4) is 0 Å². The molecule has 0 bridgehead atoms. The molecule has 0 amide bonds. The Kier molecular flexibility index (Phi) is 4.01. The summed E-state index contributed by atoms with van der Waals surface area (Å²) in [5.74, 6) is 1.59. The lowest BCUT2D eigenvalue weighted by Gasteiger charge is -2.49. The first-order valence-electron chi connectivity index (χ1n) is 7.57. The van der Waals surface area contributed by atoms with Gasteiger partial charge in [-0.3, -0.25) is 4.90 Å². The van der Waals surface area contributed by atoms with E-state index in [4.69, 9.17) is 0 Å². The first kappa shape index (κ1) is 15.0. The second-order valence-electron chi connectivity index (χ2n) is 6.70. The minimum atomic E-state index is -4.10. The van der Waals surface area contributed by atoms with Crippen molar-refractivity contribution in [2.24, 2.45) is 11.8 Å². The third-order valence-corrected chi connectivity index (χ3v) is 5.85. The van der Waals surface area contributed by atoms with Crippen LogP contribution in [0.1, 0.15) is 32.6 Å². The normalized spacial score (nSPS) is 36.3. The summed E-state index contributed by atoms with van der Waals surface area (Å²) in [5, 5.41) is 3.66. The van der Waals surface area contributed by atoms with Crippen molar-refractivity contribution in [1.29, 1.82) is 0 Å². The predicted molar refractivity (Wildman–Crippen MR) is 75.7 cm³/mol. The highest BCUT2D eigenvalue weighted by atomic mass is 32.2. The molecule has 2 nitrogen and oxygen atoms in total. The van der Waals surface area contributed by atoms with Crippen LogP contribution in [0.2, 0.25) is 0 Å². The fourth-order valence-corrected chi connectivity index (χ4v) is 4.04. The predicted octanol–water partition coefficient (Wildman–Crippen LogP) is 3.09. The maximum atomic E-state index is 12.3. The van der Waals surface area contributed by atoms with E-state index in [1.165, 1.54) is 25.7 Å². The van der Waals surface area contributed by atoms with E-state index in [2.05, 4.69) is 17.1 Å². The molecule has 1 heterocycles. The van der Waals surface area contributed by atoms with Gasteiger partial charge in [-0.25, -0.2) is 0 Å². The van der Waals surface area contributed by atoms with Gasteiger partial charge >= 0.3 is 5.51 Å². The van der Waals surface area contributed by atoms with E-state index in [-0.39, 0.29) is 23.1 Å². The third-order valence-electron chi connectivity index (χ3n) is 5.14. The minimum absolute atomic E-state index is 0.0670. The molecule has 2 unspecified atom stereocenters. The molecule has 2 saturated carbocycles. The molecule has 1 N–H and O–H groups in total. The summed E-state index contributed by atoms with van der Waals surface area (Å²) < 4.78 is 37.0. The quantitative estimate of drug-likeness (QED) is 0.840. The highest BCUT2D eigenvalue weighted by Crippen LogP contribution is 2.46. The second kappa shape index (κ2) is 5.36. The number of hydrogen-bond donors (Lipinski definition) is 1. The third kappa shape index (κ3) is 3.45. The van der Waals surface area contributed by atoms with Crippen molar-refractivity contribution < 1.29 is 13.2 Å². The van der Waals surface area contributed by atoms with Crippen molar-refractivity contribution >= 4 is 11.8 Å². The summed E-state index contributed by atoms with van der Waals surface area (Å²) in [6.45, 7) is 4.66. The topological polar surface area (TPSA) is 15.3 Å². The molecule has 0 aromatic rings. The van der Waals surface area contributed by atoms with Crippen molar-refractivity contribution in [2.75, 3.05) is 25.4 Å². The molecule has 0 radical (unpaired) electrons. The highest BCUT2D eigenvalue weighted by Gasteiger charge is 2.50. The van der Waals surface area contributed by atoms with Crippen LogP contribution in [0.15, 0.2) is 0 Å². The molecule has 20 heavy (non-hydrogen) atoms. The summed E-state index contributed by atoms with van der Waals surface area (Å²) in [6, 6.07) is 0.498. The molecule has 1 aliphatic heterocycles. The lowest BCUT2D eigenvalue weighted by Crippen LogP contribution is -2.65. The van der Waals surface area contributed by atoms with Gasteiger partial charge in [-0.2, -0.15) is 13.2 Å². The molecule has 3 aliphatic rings. The molecule has 2 aliphatic carbocycles. The number of nitrogens with one attached hydrogen (secondary N) is 1. The van der Waals surface area contributed by atoms with Gasteiger partial charge in [0, 0.05) is 37.0 Å². The van der Waals surface area contributed by atoms with E-state index in [0.29, 0.717) is 18.5 Å². The molecule has 1 saturated heterocycles. The average Bonchev–Trinajstić information content (AvgIpc) is 3.22. The lowest BCUT2D eigenvalue weighted by atomic mass is 9.89. The zero-order valence-electron chi connectivity index (χ0n) is 11.9. The number of nitrogens with zero attached hydrogens (tertiary/aromatic N) is 1. The summed E-state index contributed by atoms with van der Waals surface area (Å²) in [6.07, 6.45) is 5.02. The fourth-order valence-electron chi connectivity index (χ4n) is 3.50. The summed E-state index contributed by atoms with van der Waals surface area (Å²) in [4.78, 5) is 2.35. The van der Waals surface area contributed by atoms with Gasteiger partial charge < -0.3 is 5.32 Å².